The molecule has 314 valence electrons. The normalized spacial score (nSPS) is 11.6. The number of rotatable bonds is 8. The Bertz CT molecular complexity index is 3890. The second-order valence-electron chi connectivity index (χ2n) is 17.3. The zero-order chi connectivity index (χ0) is 44.3. The summed E-state index contributed by atoms with van der Waals surface area (Å²) in [5.41, 5.74) is 12.5. The molecule has 67 heavy (non-hydrogen) atoms. The largest absolute Gasteiger partial charge is 0.310 e. The molecule has 13 aromatic rings. The predicted molar refractivity (Wildman–Crippen MR) is 286 cm³/mol. The van der Waals surface area contributed by atoms with Gasteiger partial charge in [-0.2, -0.15) is 0 Å². The van der Waals surface area contributed by atoms with Crippen molar-refractivity contribution >= 4 is 99.0 Å². The van der Waals surface area contributed by atoms with Gasteiger partial charge in [-0.3, -0.25) is 0 Å². The van der Waals surface area contributed by atoms with E-state index in [2.05, 4.69) is 275 Å². The highest BCUT2D eigenvalue weighted by atomic mass is 15.2. The van der Waals surface area contributed by atoms with Crippen LogP contribution in [0, 0.1) is 0 Å². The summed E-state index contributed by atoms with van der Waals surface area (Å²) in [7, 11) is 0. The van der Waals surface area contributed by atoms with E-state index in [0.717, 1.165) is 50.6 Å². The molecule has 0 amide bonds. The van der Waals surface area contributed by atoms with Gasteiger partial charge in [0.15, 0.2) is 0 Å². The van der Waals surface area contributed by atoms with Gasteiger partial charge in [0, 0.05) is 50.0 Å². The Labute approximate surface area is 389 Å². The van der Waals surface area contributed by atoms with Crippen molar-refractivity contribution < 1.29 is 0 Å². The summed E-state index contributed by atoms with van der Waals surface area (Å²) in [5.74, 6) is 0. The molecular formula is C64H43N3. The van der Waals surface area contributed by atoms with Gasteiger partial charge in [-0.15, -0.1) is 0 Å². The summed E-state index contributed by atoms with van der Waals surface area (Å²) in [6.07, 6.45) is 0. The van der Waals surface area contributed by atoms with E-state index in [9.17, 15) is 0 Å². The van der Waals surface area contributed by atoms with Crippen LogP contribution >= 0.6 is 0 Å². The van der Waals surface area contributed by atoms with E-state index in [0.29, 0.717) is 0 Å². The number of anilines is 6. The minimum Gasteiger partial charge on any atom is -0.310 e. The Kier molecular flexibility index (Phi) is 9.17. The highest BCUT2D eigenvalue weighted by molar-refractivity contribution is 6.26. The Morgan fingerprint density at radius 2 is 0.627 bits per heavy atom. The third-order valence-corrected chi connectivity index (χ3v) is 13.5. The number of para-hydroxylation sites is 4. The predicted octanol–water partition coefficient (Wildman–Crippen LogP) is 18.0. The average Bonchev–Trinajstić information content (AvgIpc) is 3.74. The van der Waals surface area contributed by atoms with Gasteiger partial charge in [-0.25, -0.2) is 0 Å². The highest BCUT2D eigenvalue weighted by Crippen LogP contribution is 2.47. The van der Waals surface area contributed by atoms with E-state index in [-0.39, 0.29) is 0 Å². The quantitative estimate of drug-likeness (QED) is 0.141. The van der Waals surface area contributed by atoms with Gasteiger partial charge >= 0.3 is 0 Å². The summed E-state index contributed by atoms with van der Waals surface area (Å²) in [4.78, 5) is 4.82. The molecule has 0 radical (unpaired) electrons. The van der Waals surface area contributed by atoms with Crippen LogP contribution < -0.4 is 9.80 Å². The van der Waals surface area contributed by atoms with Crippen molar-refractivity contribution in [2.24, 2.45) is 0 Å². The topological polar surface area (TPSA) is 11.4 Å². The molecule has 0 saturated heterocycles. The van der Waals surface area contributed by atoms with Crippen LogP contribution in [0.25, 0.3) is 81.7 Å². The van der Waals surface area contributed by atoms with E-state index in [1.54, 1.807) is 0 Å². The van der Waals surface area contributed by atoms with E-state index in [4.69, 9.17) is 0 Å². The van der Waals surface area contributed by atoms with Crippen molar-refractivity contribution in [2.75, 3.05) is 9.80 Å². The van der Waals surface area contributed by atoms with E-state index in [1.807, 2.05) is 0 Å². The molecule has 0 aliphatic heterocycles. The van der Waals surface area contributed by atoms with Crippen LogP contribution in [0.3, 0.4) is 0 Å². The fourth-order valence-corrected chi connectivity index (χ4v) is 10.5. The van der Waals surface area contributed by atoms with Crippen molar-refractivity contribution in [1.29, 1.82) is 0 Å². The second-order valence-corrected chi connectivity index (χ2v) is 17.3. The average molecular weight is 854 g/mol. The van der Waals surface area contributed by atoms with Gasteiger partial charge < -0.3 is 14.4 Å². The lowest BCUT2D eigenvalue weighted by Gasteiger charge is -2.31. The van der Waals surface area contributed by atoms with E-state index < -0.39 is 0 Å². The number of aromatic nitrogens is 1. The van der Waals surface area contributed by atoms with Crippen LogP contribution in [0.5, 0.6) is 0 Å². The molecule has 12 aromatic carbocycles. The Hall–Kier alpha value is -8.92. The van der Waals surface area contributed by atoms with Gasteiger partial charge in [0.2, 0.25) is 0 Å². The number of nitrogens with zero attached hydrogens (tertiary/aromatic N) is 3. The van der Waals surface area contributed by atoms with Crippen molar-refractivity contribution in [3.05, 3.63) is 261 Å². The first-order chi connectivity index (χ1) is 33.3. The van der Waals surface area contributed by atoms with Crippen molar-refractivity contribution in [3.63, 3.8) is 0 Å². The van der Waals surface area contributed by atoms with Crippen LogP contribution in [0.2, 0.25) is 0 Å². The Morgan fingerprint density at radius 1 is 0.224 bits per heavy atom. The lowest BCUT2D eigenvalue weighted by atomic mass is 9.93. The molecule has 1 aromatic heterocycles. The van der Waals surface area contributed by atoms with Crippen LogP contribution in [-0.2, 0) is 0 Å². The van der Waals surface area contributed by atoms with Crippen LogP contribution in [0.15, 0.2) is 261 Å². The number of hydrogen-bond acceptors (Lipinski definition) is 2. The molecule has 13 rings (SSSR count). The first kappa shape index (κ1) is 38.5. The minimum atomic E-state index is 1.08. The van der Waals surface area contributed by atoms with Gasteiger partial charge in [0.25, 0.3) is 0 Å². The molecule has 0 spiro atoms. The third kappa shape index (κ3) is 6.43. The van der Waals surface area contributed by atoms with E-state index in [1.165, 1.54) is 65.3 Å². The number of benzene rings is 12. The summed E-state index contributed by atoms with van der Waals surface area (Å²) in [5, 5.41) is 12.3. The Morgan fingerprint density at radius 3 is 1.21 bits per heavy atom. The second kappa shape index (κ2) is 16.0. The van der Waals surface area contributed by atoms with Gasteiger partial charge in [0.05, 0.1) is 22.4 Å². The molecule has 0 fully saturated rings. The molecule has 0 unspecified atom stereocenters. The van der Waals surface area contributed by atoms with Crippen LogP contribution in [0.4, 0.5) is 34.1 Å². The lowest BCUT2D eigenvalue weighted by Crippen LogP contribution is -2.13. The molecule has 0 aliphatic carbocycles. The highest BCUT2D eigenvalue weighted by Gasteiger charge is 2.22. The maximum Gasteiger partial charge on any atom is 0.0541 e. The first-order valence-electron chi connectivity index (χ1n) is 23.0. The third-order valence-electron chi connectivity index (χ3n) is 13.5. The van der Waals surface area contributed by atoms with Crippen molar-refractivity contribution in [1.82, 2.24) is 4.57 Å². The standard InChI is InChI=1S/C64H43N3/c1-4-18-46(19-5-1)65(47-20-6-2-7-21-47)62-40-41-63(57-29-15-14-28-56(57)62)66(50-37-38-55-53-26-11-10-24-51(53)52-25-12-13-27-54(52)59(55)43-50)49-35-32-44(33-36-49)45-34-39-64-60(42-45)58-30-16-17-31-61(58)67(64)48-22-8-3-9-23-48/h1-43H. The molecule has 1 heterocycles. The molecular weight excluding hydrogens is 811 g/mol. The van der Waals surface area contributed by atoms with Crippen molar-refractivity contribution in [2.45, 2.75) is 0 Å². The lowest BCUT2D eigenvalue weighted by molar-refractivity contribution is 1.18. The monoisotopic (exact) mass is 853 g/mol. The number of fused-ring (bicyclic) bond motifs is 10. The molecule has 0 N–H and O–H groups in total. The van der Waals surface area contributed by atoms with Crippen LogP contribution in [0.1, 0.15) is 0 Å². The Balaban J connectivity index is 1.00. The molecule has 0 saturated carbocycles. The maximum atomic E-state index is 2.45. The zero-order valence-corrected chi connectivity index (χ0v) is 36.7. The molecule has 0 bridgehead atoms. The molecule has 3 heteroatoms. The summed E-state index contributed by atoms with van der Waals surface area (Å²) >= 11 is 0. The fraction of sp³-hybridized carbons (Fsp3) is 0. The molecule has 0 atom stereocenters. The molecule has 0 aliphatic rings. The van der Waals surface area contributed by atoms with Gasteiger partial charge in [0.1, 0.15) is 0 Å². The fourth-order valence-electron chi connectivity index (χ4n) is 10.5. The summed E-state index contributed by atoms with van der Waals surface area (Å²) < 4.78 is 2.37. The first-order valence-corrected chi connectivity index (χ1v) is 23.0. The minimum absolute atomic E-state index is 1.08. The van der Waals surface area contributed by atoms with Crippen molar-refractivity contribution in [3.8, 4) is 16.8 Å². The number of hydrogen-bond donors (Lipinski definition) is 0. The van der Waals surface area contributed by atoms with Crippen LogP contribution in [-0.4, -0.2) is 4.57 Å². The SMILES string of the molecule is c1ccc(N(c2ccccc2)c2ccc(N(c3ccc(-c4ccc5c(c4)c4ccccc4n5-c4ccccc4)cc3)c3ccc4c5ccccc5c5ccccc5c4c3)c3ccccc23)cc1. The zero-order valence-electron chi connectivity index (χ0n) is 36.7. The molecule has 3 nitrogen and oxygen atoms in total. The van der Waals surface area contributed by atoms with Gasteiger partial charge in [-0.1, -0.05) is 170 Å². The van der Waals surface area contributed by atoms with E-state index >= 15 is 0 Å². The van der Waals surface area contributed by atoms with Gasteiger partial charge in [-0.05, 0) is 134 Å². The summed E-state index contributed by atoms with van der Waals surface area (Å²) in [6.45, 7) is 0. The summed E-state index contributed by atoms with van der Waals surface area (Å²) in [6, 6.07) is 94.9. The maximum absolute atomic E-state index is 2.45. The smallest absolute Gasteiger partial charge is 0.0541 e.